The van der Waals surface area contributed by atoms with Crippen molar-refractivity contribution in [3.05, 3.63) is 32.8 Å². The van der Waals surface area contributed by atoms with Crippen molar-refractivity contribution in [1.29, 1.82) is 0 Å². The van der Waals surface area contributed by atoms with E-state index >= 15 is 0 Å². The molecule has 72 valence electrons. The normalized spacial score (nSPS) is 10.8. The Balaban J connectivity index is 2.95. The molecule has 2 nitrogen and oxygen atoms in total. The molecule has 5 heteroatoms. The molecule has 0 radical (unpaired) electrons. The van der Waals surface area contributed by atoms with Crippen LogP contribution in [0.5, 0.6) is 0 Å². The molecule has 0 aliphatic carbocycles. The number of halogens is 3. The second kappa shape index (κ2) is 3.57. The molecule has 0 aliphatic rings. The summed E-state index contributed by atoms with van der Waals surface area (Å²) in [7, 11) is 0. The van der Waals surface area contributed by atoms with Crippen LogP contribution in [0.4, 0.5) is 5.69 Å². The minimum absolute atomic E-state index is 0.452. The van der Waals surface area contributed by atoms with Crippen molar-refractivity contribution in [3.63, 3.8) is 0 Å². The summed E-state index contributed by atoms with van der Waals surface area (Å²) in [4.78, 5) is 4.17. The molecule has 1 heterocycles. The minimum atomic E-state index is 0.452. The average molecular weight is 292 g/mol. The van der Waals surface area contributed by atoms with Gasteiger partial charge in [0, 0.05) is 14.9 Å². The van der Waals surface area contributed by atoms with Gasteiger partial charge in [0.15, 0.2) is 0 Å². The fourth-order valence-corrected chi connectivity index (χ4v) is 2.32. The molecule has 1 aromatic carbocycles. The summed E-state index contributed by atoms with van der Waals surface area (Å²) in [5.41, 5.74) is 6.84. The Morgan fingerprint density at radius 3 is 2.71 bits per heavy atom. The van der Waals surface area contributed by atoms with E-state index < -0.39 is 0 Å². The summed E-state index contributed by atoms with van der Waals surface area (Å²) in [5, 5.41) is 1.84. The number of rotatable bonds is 0. The summed E-state index contributed by atoms with van der Waals surface area (Å²) in [6, 6.07) is 3.51. The van der Waals surface area contributed by atoms with Crippen LogP contribution < -0.4 is 5.73 Å². The Hall–Kier alpha value is -0.510. The van der Waals surface area contributed by atoms with Crippen molar-refractivity contribution in [2.24, 2.45) is 0 Å². The van der Waals surface area contributed by atoms with Gasteiger partial charge in [-0.15, -0.1) is 0 Å². The van der Waals surface area contributed by atoms with E-state index in [0.29, 0.717) is 15.7 Å². The van der Waals surface area contributed by atoms with Crippen LogP contribution in [0, 0.1) is 0 Å². The van der Waals surface area contributed by atoms with Gasteiger partial charge in [0.2, 0.25) is 0 Å². The largest absolute Gasteiger partial charge is 0.396 e. The van der Waals surface area contributed by atoms with Gasteiger partial charge in [-0.2, -0.15) is 0 Å². The number of benzene rings is 1. The second-order valence-electron chi connectivity index (χ2n) is 2.81. The molecule has 2 rings (SSSR count). The van der Waals surface area contributed by atoms with Crippen LogP contribution in [0.15, 0.2) is 22.8 Å². The number of anilines is 1. The Labute approximate surface area is 99.1 Å². The lowest BCUT2D eigenvalue weighted by Crippen LogP contribution is -1.90. The molecule has 14 heavy (non-hydrogen) atoms. The number of nitrogen functional groups attached to an aromatic ring is 1. The number of aromatic nitrogens is 1. The van der Waals surface area contributed by atoms with Crippen molar-refractivity contribution in [2.45, 2.75) is 0 Å². The molecule has 0 aliphatic heterocycles. The highest BCUT2D eigenvalue weighted by Crippen LogP contribution is 2.33. The highest BCUT2D eigenvalue weighted by molar-refractivity contribution is 9.10. The highest BCUT2D eigenvalue weighted by Gasteiger charge is 2.08. The summed E-state index contributed by atoms with van der Waals surface area (Å²) < 4.78 is 0.807. The molecule has 0 unspecified atom stereocenters. The van der Waals surface area contributed by atoms with E-state index in [1.54, 1.807) is 12.1 Å². The zero-order chi connectivity index (χ0) is 10.3. The van der Waals surface area contributed by atoms with E-state index in [0.717, 1.165) is 15.4 Å². The van der Waals surface area contributed by atoms with Gasteiger partial charge in [-0.05, 0) is 28.1 Å². The number of hydrogen-bond acceptors (Lipinski definition) is 2. The lowest BCUT2D eigenvalue weighted by molar-refractivity contribution is 1.40. The number of hydrogen-bond donors (Lipinski definition) is 1. The maximum Gasteiger partial charge on any atom is 0.0861 e. The molecule has 0 saturated heterocycles. The molecule has 2 aromatic rings. The van der Waals surface area contributed by atoms with E-state index in [1.165, 1.54) is 6.20 Å². The van der Waals surface area contributed by atoms with Crippen molar-refractivity contribution in [3.8, 4) is 0 Å². The third-order valence-electron chi connectivity index (χ3n) is 1.85. The van der Waals surface area contributed by atoms with E-state index in [2.05, 4.69) is 20.9 Å². The lowest BCUT2D eigenvalue weighted by Gasteiger charge is -2.05. The Morgan fingerprint density at radius 2 is 2.00 bits per heavy atom. The molecule has 0 amide bonds. The Morgan fingerprint density at radius 1 is 1.29 bits per heavy atom. The van der Waals surface area contributed by atoms with Crippen LogP contribution in [0.2, 0.25) is 10.0 Å². The smallest absolute Gasteiger partial charge is 0.0861 e. The van der Waals surface area contributed by atoms with Crippen LogP contribution >= 0.6 is 39.1 Å². The molecule has 0 atom stereocenters. The molecule has 0 saturated carbocycles. The first-order chi connectivity index (χ1) is 6.59. The zero-order valence-electron chi connectivity index (χ0n) is 6.89. The van der Waals surface area contributed by atoms with Crippen LogP contribution in [0.3, 0.4) is 0 Å². The fourth-order valence-electron chi connectivity index (χ4n) is 1.21. The van der Waals surface area contributed by atoms with Crippen LogP contribution in [0.25, 0.3) is 10.9 Å². The van der Waals surface area contributed by atoms with Crippen molar-refractivity contribution >= 4 is 55.7 Å². The quantitative estimate of drug-likeness (QED) is 0.800. The Kier molecular flexibility index (Phi) is 2.56. The van der Waals surface area contributed by atoms with Gasteiger partial charge in [0.25, 0.3) is 0 Å². The van der Waals surface area contributed by atoms with E-state index in [9.17, 15) is 0 Å². The second-order valence-corrected chi connectivity index (χ2v) is 4.48. The number of pyridine rings is 1. The molecule has 1 aromatic heterocycles. The zero-order valence-corrected chi connectivity index (χ0v) is 9.99. The standard InChI is InChI=1S/C9H5BrCl2N2/c10-6-2-4(11)1-5-8(12)7(13)3-14-9(5)6/h1-3H,13H2. The Bertz CT molecular complexity index is 514. The van der Waals surface area contributed by atoms with Gasteiger partial charge in [0.05, 0.1) is 22.4 Å². The number of fused-ring (bicyclic) bond motifs is 1. The average Bonchev–Trinajstić information content (AvgIpc) is 2.12. The van der Waals surface area contributed by atoms with E-state index in [-0.39, 0.29) is 0 Å². The molecular weight excluding hydrogens is 287 g/mol. The highest BCUT2D eigenvalue weighted by atomic mass is 79.9. The lowest BCUT2D eigenvalue weighted by atomic mass is 10.2. The SMILES string of the molecule is Nc1cnc2c(Br)cc(Cl)cc2c1Cl. The molecular formula is C9H5BrCl2N2. The van der Waals surface area contributed by atoms with Crippen LogP contribution in [0.1, 0.15) is 0 Å². The van der Waals surface area contributed by atoms with Gasteiger partial charge in [-0.25, -0.2) is 0 Å². The predicted octanol–water partition coefficient (Wildman–Crippen LogP) is 3.89. The first-order valence-electron chi connectivity index (χ1n) is 3.78. The van der Waals surface area contributed by atoms with Crippen molar-refractivity contribution in [2.75, 3.05) is 5.73 Å². The number of nitrogens with two attached hydrogens (primary N) is 1. The summed E-state index contributed by atoms with van der Waals surface area (Å²) >= 11 is 15.3. The maximum absolute atomic E-state index is 6.03. The fraction of sp³-hybridized carbons (Fsp3) is 0. The molecule has 0 spiro atoms. The number of nitrogens with zero attached hydrogens (tertiary/aromatic N) is 1. The monoisotopic (exact) mass is 290 g/mol. The van der Waals surface area contributed by atoms with Gasteiger partial charge in [0.1, 0.15) is 0 Å². The van der Waals surface area contributed by atoms with Crippen LogP contribution in [-0.2, 0) is 0 Å². The first kappa shape index (κ1) is 10.0. The summed E-state index contributed by atoms with van der Waals surface area (Å²) in [6.07, 6.45) is 1.53. The summed E-state index contributed by atoms with van der Waals surface area (Å²) in [6.45, 7) is 0. The maximum atomic E-state index is 6.03. The van der Waals surface area contributed by atoms with Gasteiger partial charge in [-0.3, -0.25) is 4.98 Å². The van der Waals surface area contributed by atoms with Gasteiger partial charge < -0.3 is 5.73 Å². The van der Waals surface area contributed by atoms with E-state index in [4.69, 9.17) is 28.9 Å². The summed E-state index contributed by atoms with van der Waals surface area (Å²) in [5.74, 6) is 0. The molecule has 2 N–H and O–H groups in total. The van der Waals surface area contributed by atoms with E-state index in [1.807, 2.05) is 0 Å². The van der Waals surface area contributed by atoms with Gasteiger partial charge >= 0.3 is 0 Å². The van der Waals surface area contributed by atoms with Crippen molar-refractivity contribution < 1.29 is 0 Å². The van der Waals surface area contributed by atoms with Gasteiger partial charge in [-0.1, -0.05) is 23.2 Å². The molecule has 0 fully saturated rings. The van der Waals surface area contributed by atoms with Crippen molar-refractivity contribution in [1.82, 2.24) is 4.98 Å². The van der Waals surface area contributed by atoms with Crippen LogP contribution in [-0.4, -0.2) is 4.98 Å². The molecule has 0 bridgehead atoms. The topological polar surface area (TPSA) is 38.9 Å². The minimum Gasteiger partial charge on any atom is -0.396 e. The first-order valence-corrected chi connectivity index (χ1v) is 5.33. The third-order valence-corrected chi connectivity index (χ3v) is 3.10. The third kappa shape index (κ3) is 1.56. The predicted molar refractivity (Wildman–Crippen MR) is 63.9 cm³/mol.